The highest BCUT2D eigenvalue weighted by molar-refractivity contribution is 5.95. The third-order valence-electron chi connectivity index (χ3n) is 2.78. The van der Waals surface area contributed by atoms with Crippen LogP contribution in [0, 0.1) is 6.92 Å². The fraction of sp³-hybridized carbons (Fsp3) is 0.400. The van der Waals surface area contributed by atoms with Crippen molar-refractivity contribution in [2.45, 2.75) is 26.7 Å². The van der Waals surface area contributed by atoms with Gasteiger partial charge in [-0.05, 0) is 37.6 Å². The van der Waals surface area contributed by atoms with Gasteiger partial charge in [-0.3, -0.25) is 9.59 Å². The molecule has 0 saturated heterocycles. The van der Waals surface area contributed by atoms with E-state index in [1.165, 1.54) is 7.11 Å². The van der Waals surface area contributed by atoms with Crippen molar-refractivity contribution in [2.75, 3.05) is 19.0 Å². The molecule has 0 atom stereocenters. The Hall–Kier alpha value is -2.37. The second-order valence-corrected chi connectivity index (χ2v) is 4.37. The first-order valence-electron chi connectivity index (χ1n) is 6.62. The number of rotatable bonds is 6. The number of carbonyl (C=O) groups is 3. The number of ether oxygens (including phenoxy) is 2. The lowest BCUT2D eigenvalue weighted by molar-refractivity contribution is -0.144. The van der Waals surface area contributed by atoms with Gasteiger partial charge in [0.1, 0.15) is 0 Å². The van der Waals surface area contributed by atoms with E-state index >= 15 is 0 Å². The first kappa shape index (κ1) is 16.7. The van der Waals surface area contributed by atoms with Crippen molar-refractivity contribution in [3.05, 3.63) is 29.3 Å². The second kappa shape index (κ2) is 8.04. The van der Waals surface area contributed by atoms with Crippen molar-refractivity contribution < 1.29 is 23.9 Å². The minimum Gasteiger partial charge on any atom is -0.466 e. The summed E-state index contributed by atoms with van der Waals surface area (Å²) in [6.45, 7) is 3.78. The molecule has 1 aromatic carbocycles. The van der Waals surface area contributed by atoms with Crippen LogP contribution in [-0.4, -0.2) is 31.6 Å². The number of methoxy groups -OCH3 is 1. The smallest absolute Gasteiger partial charge is 0.337 e. The van der Waals surface area contributed by atoms with Gasteiger partial charge in [-0.15, -0.1) is 0 Å². The third kappa shape index (κ3) is 5.25. The maximum absolute atomic E-state index is 11.7. The van der Waals surface area contributed by atoms with E-state index < -0.39 is 11.9 Å². The van der Waals surface area contributed by atoms with E-state index in [1.54, 1.807) is 32.0 Å². The van der Waals surface area contributed by atoms with Crippen LogP contribution in [0.2, 0.25) is 0 Å². The average molecular weight is 293 g/mol. The van der Waals surface area contributed by atoms with Crippen molar-refractivity contribution in [1.29, 1.82) is 0 Å². The van der Waals surface area contributed by atoms with Crippen LogP contribution in [0.1, 0.15) is 35.7 Å². The quantitative estimate of drug-likeness (QED) is 0.812. The summed E-state index contributed by atoms with van der Waals surface area (Å²) in [4.78, 5) is 34.3. The molecule has 1 aromatic rings. The van der Waals surface area contributed by atoms with Gasteiger partial charge in [0.15, 0.2) is 0 Å². The van der Waals surface area contributed by atoms with Crippen LogP contribution in [0.5, 0.6) is 0 Å². The molecule has 21 heavy (non-hydrogen) atoms. The molecule has 0 heterocycles. The van der Waals surface area contributed by atoms with Crippen LogP contribution in [0.15, 0.2) is 18.2 Å². The molecule has 114 valence electrons. The molecule has 0 aromatic heterocycles. The molecule has 0 bridgehead atoms. The van der Waals surface area contributed by atoms with Gasteiger partial charge in [0.2, 0.25) is 5.91 Å². The molecule has 6 nitrogen and oxygen atoms in total. The zero-order chi connectivity index (χ0) is 15.8. The number of nitrogens with one attached hydrogen (secondary N) is 1. The fourth-order valence-electron chi connectivity index (χ4n) is 1.71. The summed E-state index contributed by atoms with van der Waals surface area (Å²) in [5.74, 6) is -1.11. The molecular weight excluding hydrogens is 274 g/mol. The molecule has 0 spiro atoms. The first-order chi connectivity index (χ1) is 9.97. The highest BCUT2D eigenvalue weighted by Gasteiger charge is 2.11. The number of amides is 1. The summed E-state index contributed by atoms with van der Waals surface area (Å²) in [5, 5.41) is 2.69. The summed E-state index contributed by atoms with van der Waals surface area (Å²) >= 11 is 0. The van der Waals surface area contributed by atoms with Crippen molar-refractivity contribution >= 4 is 23.5 Å². The Kier molecular flexibility index (Phi) is 6.39. The lowest BCUT2D eigenvalue weighted by Crippen LogP contribution is -2.15. The van der Waals surface area contributed by atoms with Gasteiger partial charge in [-0.1, -0.05) is 0 Å². The standard InChI is InChI=1S/C15H19NO5/c1-4-21-14(18)8-7-13(17)16-12-6-5-11(9-10(12)2)15(19)20-3/h5-6,9H,4,7-8H2,1-3H3,(H,16,17). The van der Waals surface area contributed by atoms with E-state index in [-0.39, 0.29) is 18.7 Å². The number of carbonyl (C=O) groups excluding carboxylic acids is 3. The number of hydrogen-bond acceptors (Lipinski definition) is 5. The van der Waals surface area contributed by atoms with Gasteiger partial charge in [0.05, 0.1) is 25.7 Å². The zero-order valence-corrected chi connectivity index (χ0v) is 12.4. The van der Waals surface area contributed by atoms with Crippen LogP contribution in [0.25, 0.3) is 0 Å². The Morgan fingerprint density at radius 3 is 2.48 bits per heavy atom. The number of esters is 2. The number of benzene rings is 1. The Morgan fingerprint density at radius 2 is 1.90 bits per heavy atom. The third-order valence-corrected chi connectivity index (χ3v) is 2.78. The normalized spacial score (nSPS) is 9.86. The number of aryl methyl sites for hydroxylation is 1. The zero-order valence-electron chi connectivity index (χ0n) is 12.4. The Labute approximate surface area is 123 Å². The predicted octanol–water partition coefficient (Wildman–Crippen LogP) is 2.06. The van der Waals surface area contributed by atoms with Gasteiger partial charge >= 0.3 is 11.9 Å². The largest absolute Gasteiger partial charge is 0.466 e. The van der Waals surface area contributed by atoms with Crippen molar-refractivity contribution in [1.82, 2.24) is 0 Å². The molecule has 1 amide bonds. The topological polar surface area (TPSA) is 81.7 Å². The van der Waals surface area contributed by atoms with Crippen LogP contribution in [-0.2, 0) is 19.1 Å². The summed E-state index contributed by atoms with van der Waals surface area (Å²) in [6, 6.07) is 4.83. The number of hydrogen-bond donors (Lipinski definition) is 1. The molecule has 0 aliphatic rings. The van der Waals surface area contributed by atoms with Gasteiger partial charge in [0, 0.05) is 12.1 Å². The van der Waals surface area contributed by atoms with Crippen LogP contribution in [0.4, 0.5) is 5.69 Å². The van der Waals surface area contributed by atoms with Gasteiger partial charge in [-0.2, -0.15) is 0 Å². The molecule has 0 radical (unpaired) electrons. The molecule has 0 saturated carbocycles. The molecule has 0 aliphatic carbocycles. The molecule has 1 N–H and O–H groups in total. The molecule has 6 heteroatoms. The van der Waals surface area contributed by atoms with Gasteiger partial charge < -0.3 is 14.8 Å². The first-order valence-corrected chi connectivity index (χ1v) is 6.62. The SMILES string of the molecule is CCOC(=O)CCC(=O)Nc1ccc(C(=O)OC)cc1C. The van der Waals surface area contributed by atoms with Gasteiger partial charge in [0.25, 0.3) is 0 Å². The minimum atomic E-state index is -0.432. The summed E-state index contributed by atoms with van der Waals surface area (Å²) in [5.41, 5.74) is 1.75. The summed E-state index contributed by atoms with van der Waals surface area (Å²) in [6.07, 6.45) is 0.0932. The van der Waals surface area contributed by atoms with Crippen LogP contribution < -0.4 is 5.32 Å². The average Bonchev–Trinajstić information content (AvgIpc) is 2.46. The summed E-state index contributed by atoms with van der Waals surface area (Å²) < 4.78 is 9.37. The van der Waals surface area contributed by atoms with E-state index in [9.17, 15) is 14.4 Å². The highest BCUT2D eigenvalue weighted by atomic mass is 16.5. The Morgan fingerprint density at radius 1 is 1.19 bits per heavy atom. The van der Waals surface area contributed by atoms with Gasteiger partial charge in [-0.25, -0.2) is 4.79 Å². The van der Waals surface area contributed by atoms with Crippen LogP contribution in [0.3, 0.4) is 0 Å². The minimum absolute atomic E-state index is 0.0406. The monoisotopic (exact) mass is 293 g/mol. The number of anilines is 1. The van der Waals surface area contributed by atoms with E-state index in [0.717, 1.165) is 5.56 Å². The van der Waals surface area contributed by atoms with E-state index in [0.29, 0.717) is 17.9 Å². The Bertz CT molecular complexity index is 539. The van der Waals surface area contributed by atoms with Crippen molar-refractivity contribution in [2.24, 2.45) is 0 Å². The Balaban J connectivity index is 2.60. The van der Waals surface area contributed by atoms with E-state index in [1.807, 2.05) is 0 Å². The van der Waals surface area contributed by atoms with E-state index in [2.05, 4.69) is 10.1 Å². The van der Waals surface area contributed by atoms with Crippen molar-refractivity contribution in [3.8, 4) is 0 Å². The molecule has 0 unspecified atom stereocenters. The molecule has 1 rings (SSSR count). The molecular formula is C15H19NO5. The van der Waals surface area contributed by atoms with Crippen LogP contribution >= 0.6 is 0 Å². The molecule has 0 aliphatic heterocycles. The summed E-state index contributed by atoms with van der Waals surface area (Å²) in [7, 11) is 1.31. The highest BCUT2D eigenvalue weighted by Crippen LogP contribution is 2.17. The van der Waals surface area contributed by atoms with Crippen molar-refractivity contribution in [3.63, 3.8) is 0 Å². The second-order valence-electron chi connectivity index (χ2n) is 4.37. The van der Waals surface area contributed by atoms with E-state index in [4.69, 9.17) is 4.74 Å². The fourth-order valence-corrected chi connectivity index (χ4v) is 1.71. The lowest BCUT2D eigenvalue weighted by Gasteiger charge is -2.09. The lowest BCUT2D eigenvalue weighted by atomic mass is 10.1. The molecule has 0 fully saturated rings. The maximum Gasteiger partial charge on any atom is 0.337 e. The predicted molar refractivity (Wildman–Crippen MR) is 77.0 cm³/mol. The maximum atomic E-state index is 11.7.